The minimum Gasteiger partial charge on any atom is -0.481 e. The van der Waals surface area contributed by atoms with Crippen LogP contribution < -0.4 is 0 Å². The van der Waals surface area contributed by atoms with Gasteiger partial charge in [0.2, 0.25) is 0 Å². The van der Waals surface area contributed by atoms with E-state index in [4.69, 9.17) is 0 Å². The average molecular weight is 513 g/mol. The van der Waals surface area contributed by atoms with Crippen LogP contribution in [0.15, 0.2) is 12.2 Å². The monoisotopic (exact) mass is 512 g/mol. The van der Waals surface area contributed by atoms with Crippen LogP contribution in [0.4, 0.5) is 0 Å². The van der Waals surface area contributed by atoms with Crippen molar-refractivity contribution in [2.24, 2.45) is 17.8 Å². The van der Waals surface area contributed by atoms with Crippen LogP contribution in [0.1, 0.15) is 111 Å². The Kier molecular flexibility index (Phi) is 19.1. The molecule has 0 aliphatic carbocycles. The third-order valence-corrected chi connectivity index (χ3v) is 7.54. The van der Waals surface area contributed by atoms with Crippen LogP contribution in [0.3, 0.4) is 0 Å². The highest BCUT2D eigenvalue weighted by Crippen LogP contribution is 2.21. The van der Waals surface area contributed by atoms with Crippen molar-refractivity contribution in [3.8, 4) is 0 Å². The van der Waals surface area contributed by atoms with Gasteiger partial charge in [0.05, 0.1) is 43.9 Å². The average Bonchev–Trinajstić information content (AvgIpc) is 2.84. The molecule has 3 N–H and O–H groups in total. The number of hydrogen-bond acceptors (Lipinski definition) is 3. The summed E-state index contributed by atoms with van der Waals surface area (Å²) in [6.07, 6.45) is 18.1. The molecule has 7 heteroatoms. The van der Waals surface area contributed by atoms with Gasteiger partial charge in [-0.05, 0) is 12.8 Å². The first-order valence-electron chi connectivity index (χ1n) is 14.2. The summed E-state index contributed by atoms with van der Waals surface area (Å²) >= 11 is 0. The summed E-state index contributed by atoms with van der Waals surface area (Å²) in [4.78, 5) is 34.3. The standard InChI is InChI=1S/C29H53NO6/c1-5-6-7-8-9-10-11-12-13-14-15-16-20-30(21-17-24(2)27(31)32,22-18-25(3)28(33)34)23-19-26(4)29(35)36/h14-15,24-26H,5-13,16-23H2,1-4H3,(H2-,31,32,33,34,35,36)/p+1/b15-14+. The van der Waals surface area contributed by atoms with E-state index in [1.165, 1.54) is 51.4 Å². The van der Waals surface area contributed by atoms with Crippen LogP contribution in [0, 0.1) is 17.8 Å². The third-order valence-electron chi connectivity index (χ3n) is 7.54. The van der Waals surface area contributed by atoms with Gasteiger partial charge in [0.15, 0.2) is 0 Å². The summed E-state index contributed by atoms with van der Waals surface area (Å²) in [6.45, 7) is 9.91. The topological polar surface area (TPSA) is 112 Å². The number of aliphatic carboxylic acids is 3. The maximum Gasteiger partial charge on any atom is 0.306 e. The number of allylic oxidation sites excluding steroid dienone is 1. The fourth-order valence-electron chi connectivity index (χ4n) is 4.42. The van der Waals surface area contributed by atoms with E-state index in [-0.39, 0.29) is 0 Å². The number of carboxylic acids is 3. The van der Waals surface area contributed by atoms with E-state index in [2.05, 4.69) is 19.1 Å². The molecule has 3 unspecified atom stereocenters. The van der Waals surface area contributed by atoms with Gasteiger partial charge in [-0.1, -0.05) is 84.8 Å². The number of carbonyl (C=O) groups is 3. The van der Waals surface area contributed by atoms with Crippen molar-refractivity contribution in [1.29, 1.82) is 0 Å². The number of rotatable bonds is 24. The van der Waals surface area contributed by atoms with Crippen LogP contribution in [-0.4, -0.2) is 63.9 Å². The second-order valence-electron chi connectivity index (χ2n) is 10.8. The lowest BCUT2D eigenvalue weighted by atomic mass is 10.0. The Morgan fingerprint density at radius 3 is 1.33 bits per heavy atom. The molecule has 0 saturated carbocycles. The zero-order valence-corrected chi connectivity index (χ0v) is 23.4. The summed E-state index contributed by atoms with van der Waals surface area (Å²) in [5, 5.41) is 28.1. The molecule has 0 bridgehead atoms. The molecule has 0 saturated heterocycles. The lowest BCUT2D eigenvalue weighted by Crippen LogP contribution is -2.52. The predicted molar refractivity (Wildman–Crippen MR) is 145 cm³/mol. The highest BCUT2D eigenvalue weighted by atomic mass is 16.4. The van der Waals surface area contributed by atoms with Gasteiger partial charge >= 0.3 is 17.9 Å². The van der Waals surface area contributed by atoms with Crippen LogP contribution >= 0.6 is 0 Å². The molecular formula is C29H54NO6+. The predicted octanol–water partition coefficient (Wildman–Crippen LogP) is 6.61. The quantitative estimate of drug-likeness (QED) is 0.0762. The van der Waals surface area contributed by atoms with E-state index in [1.807, 2.05) is 0 Å². The Bertz CT molecular complexity index is 588. The number of nitrogens with zero attached hydrogens (tertiary/aromatic N) is 1. The molecule has 0 heterocycles. The smallest absolute Gasteiger partial charge is 0.306 e. The second kappa shape index (κ2) is 20.2. The SMILES string of the molecule is CCCCCCCCCC/C=C/CC[N+](CCC(C)C(=O)O)(CCC(C)C(=O)O)CCC(C)C(=O)O. The van der Waals surface area contributed by atoms with Gasteiger partial charge in [-0.25, -0.2) is 0 Å². The fraction of sp³-hybridized carbons (Fsp3) is 0.828. The third kappa shape index (κ3) is 16.7. The Labute approximate surface area is 219 Å². The van der Waals surface area contributed by atoms with Crippen molar-refractivity contribution in [2.75, 3.05) is 26.2 Å². The van der Waals surface area contributed by atoms with E-state index in [9.17, 15) is 29.7 Å². The van der Waals surface area contributed by atoms with Crippen molar-refractivity contribution in [3.63, 3.8) is 0 Å². The number of carboxylic acid groups (broad SMARTS) is 3. The van der Waals surface area contributed by atoms with E-state index in [0.717, 1.165) is 19.4 Å². The minimum atomic E-state index is -0.837. The Hall–Kier alpha value is -1.89. The molecule has 0 aromatic heterocycles. The highest BCUT2D eigenvalue weighted by Gasteiger charge is 2.31. The first kappa shape index (κ1) is 34.1. The molecule has 0 aromatic rings. The second-order valence-corrected chi connectivity index (χ2v) is 10.8. The number of hydrogen-bond donors (Lipinski definition) is 3. The molecule has 7 nitrogen and oxygen atoms in total. The van der Waals surface area contributed by atoms with Crippen molar-refractivity contribution in [3.05, 3.63) is 12.2 Å². The molecule has 0 aliphatic heterocycles. The van der Waals surface area contributed by atoms with E-state index < -0.39 is 35.7 Å². The molecule has 36 heavy (non-hydrogen) atoms. The van der Waals surface area contributed by atoms with E-state index in [1.54, 1.807) is 20.8 Å². The normalized spacial score (nSPS) is 15.9. The Morgan fingerprint density at radius 1 is 0.583 bits per heavy atom. The summed E-state index contributed by atoms with van der Waals surface area (Å²) in [5.74, 6) is -3.99. The van der Waals surface area contributed by atoms with Crippen molar-refractivity contribution < 1.29 is 34.2 Å². The molecule has 0 spiro atoms. The summed E-state index contributed by atoms with van der Waals surface area (Å²) in [5.41, 5.74) is 0. The zero-order chi connectivity index (χ0) is 27.4. The fourth-order valence-corrected chi connectivity index (χ4v) is 4.42. The maximum atomic E-state index is 11.4. The Morgan fingerprint density at radius 2 is 0.944 bits per heavy atom. The van der Waals surface area contributed by atoms with Gasteiger partial charge in [0.1, 0.15) is 0 Å². The molecule has 0 aliphatic rings. The van der Waals surface area contributed by atoms with Gasteiger partial charge in [-0.2, -0.15) is 0 Å². The summed E-state index contributed by atoms with van der Waals surface area (Å²) in [7, 11) is 0. The van der Waals surface area contributed by atoms with E-state index in [0.29, 0.717) is 43.4 Å². The summed E-state index contributed by atoms with van der Waals surface area (Å²) < 4.78 is 0.564. The zero-order valence-electron chi connectivity index (χ0n) is 23.4. The van der Waals surface area contributed by atoms with E-state index >= 15 is 0 Å². The van der Waals surface area contributed by atoms with Crippen LogP contribution in [0.2, 0.25) is 0 Å². The first-order chi connectivity index (χ1) is 17.0. The van der Waals surface area contributed by atoms with Gasteiger partial charge in [-0.15, -0.1) is 0 Å². The lowest BCUT2D eigenvalue weighted by molar-refractivity contribution is -0.929. The molecule has 0 aromatic carbocycles. The van der Waals surface area contributed by atoms with Crippen LogP contribution in [0.25, 0.3) is 0 Å². The van der Waals surface area contributed by atoms with Gasteiger partial charge in [0, 0.05) is 25.7 Å². The molecule has 0 fully saturated rings. The minimum absolute atomic E-state index is 0.486. The molecule has 0 amide bonds. The van der Waals surface area contributed by atoms with Crippen LogP contribution in [-0.2, 0) is 14.4 Å². The molecular weight excluding hydrogens is 458 g/mol. The van der Waals surface area contributed by atoms with Crippen LogP contribution in [0.5, 0.6) is 0 Å². The summed E-state index contributed by atoms with van der Waals surface area (Å²) in [6, 6.07) is 0. The number of quaternary nitrogens is 1. The van der Waals surface area contributed by atoms with Crippen molar-refractivity contribution >= 4 is 17.9 Å². The van der Waals surface area contributed by atoms with Gasteiger partial charge < -0.3 is 19.8 Å². The Balaban J connectivity index is 5.03. The molecule has 3 atom stereocenters. The lowest BCUT2D eigenvalue weighted by Gasteiger charge is -2.40. The van der Waals surface area contributed by atoms with Gasteiger partial charge in [-0.3, -0.25) is 14.4 Å². The maximum absolute atomic E-state index is 11.4. The molecule has 0 rings (SSSR count). The van der Waals surface area contributed by atoms with Crippen molar-refractivity contribution in [2.45, 2.75) is 111 Å². The molecule has 0 radical (unpaired) electrons. The first-order valence-corrected chi connectivity index (χ1v) is 14.2. The molecule has 210 valence electrons. The van der Waals surface area contributed by atoms with Gasteiger partial charge in [0.25, 0.3) is 0 Å². The highest BCUT2D eigenvalue weighted by molar-refractivity contribution is 5.70. The largest absolute Gasteiger partial charge is 0.481 e. The van der Waals surface area contributed by atoms with Crippen molar-refractivity contribution in [1.82, 2.24) is 0 Å². The number of unbranched alkanes of at least 4 members (excludes halogenated alkanes) is 8.